The van der Waals surface area contributed by atoms with E-state index in [1.807, 2.05) is 20.8 Å². The summed E-state index contributed by atoms with van der Waals surface area (Å²) in [5, 5.41) is 3.07. The highest BCUT2D eigenvalue weighted by atomic mass is 35.5. The molecule has 1 amide bonds. The molecule has 0 bridgehead atoms. The lowest BCUT2D eigenvalue weighted by atomic mass is 10.2. The maximum absolute atomic E-state index is 12.5. The van der Waals surface area contributed by atoms with Crippen LogP contribution in [0.4, 0.5) is 5.69 Å². The summed E-state index contributed by atoms with van der Waals surface area (Å²) in [5.74, 6) is -0.197. The van der Waals surface area contributed by atoms with Crippen LogP contribution < -0.4 is 19.5 Å². The molecule has 162 valence electrons. The van der Waals surface area contributed by atoms with Crippen molar-refractivity contribution in [1.29, 1.82) is 0 Å². The van der Waals surface area contributed by atoms with E-state index in [0.29, 0.717) is 37.1 Å². The lowest BCUT2D eigenvalue weighted by Crippen LogP contribution is -2.21. The van der Waals surface area contributed by atoms with Gasteiger partial charge in [-0.3, -0.25) is 4.79 Å². The number of ether oxygens (including phenoxy) is 4. The molecule has 0 spiro atoms. The number of hydrogen-bond donors (Lipinski definition) is 1. The van der Waals surface area contributed by atoms with Gasteiger partial charge in [0.05, 0.1) is 41.1 Å². The number of esters is 1. The minimum atomic E-state index is -0.722. The number of carbonyl (C=O) groups is 2. The van der Waals surface area contributed by atoms with Gasteiger partial charge in [0.2, 0.25) is 5.75 Å². The SMILES string of the molecule is CCOc1cc(C(=O)OCC(=O)Nc2c(Cl)cccc2Cl)cc(OCC)c1OCC. The highest BCUT2D eigenvalue weighted by Crippen LogP contribution is 2.39. The average molecular weight is 456 g/mol. The van der Waals surface area contributed by atoms with Crippen LogP contribution >= 0.6 is 23.2 Å². The number of benzene rings is 2. The molecule has 0 aliphatic rings. The van der Waals surface area contributed by atoms with E-state index in [0.717, 1.165) is 0 Å². The van der Waals surface area contributed by atoms with Gasteiger partial charge in [0.1, 0.15) is 0 Å². The van der Waals surface area contributed by atoms with Gasteiger partial charge in [-0.05, 0) is 45.0 Å². The zero-order valence-electron chi connectivity index (χ0n) is 16.9. The molecule has 9 heteroatoms. The highest BCUT2D eigenvalue weighted by Gasteiger charge is 2.20. The van der Waals surface area contributed by atoms with Gasteiger partial charge in [-0.1, -0.05) is 29.3 Å². The molecule has 2 aromatic rings. The van der Waals surface area contributed by atoms with Gasteiger partial charge in [0.25, 0.3) is 5.91 Å². The molecule has 0 aliphatic heterocycles. The van der Waals surface area contributed by atoms with Gasteiger partial charge in [0.15, 0.2) is 18.1 Å². The molecular formula is C21H23Cl2NO6. The van der Waals surface area contributed by atoms with Gasteiger partial charge in [0, 0.05) is 0 Å². The van der Waals surface area contributed by atoms with Crippen LogP contribution in [-0.4, -0.2) is 38.3 Å². The second kappa shape index (κ2) is 11.5. The van der Waals surface area contributed by atoms with E-state index in [-0.39, 0.29) is 21.3 Å². The van der Waals surface area contributed by atoms with Gasteiger partial charge in [-0.15, -0.1) is 0 Å². The minimum absolute atomic E-state index is 0.161. The van der Waals surface area contributed by atoms with Gasteiger partial charge >= 0.3 is 5.97 Å². The summed E-state index contributed by atoms with van der Waals surface area (Å²) in [4.78, 5) is 24.7. The first-order valence-corrected chi connectivity index (χ1v) is 10.1. The Bertz CT molecular complexity index is 856. The van der Waals surface area contributed by atoms with Crippen LogP contribution in [0.15, 0.2) is 30.3 Å². The molecule has 2 rings (SSSR count). The van der Waals surface area contributed by atoms with Crippen molar-refractivity contribution in [3.8, 4) is 17.2 Å². The predicted octanol–water partition coefficient (Wildman–Crippen LogP) is 4.99. The first-order valence-electron chi connectivity index (χ1n) is 9.38. The Labute approximate surface area is 185 Å². The predicted molar refractivity (Wildman–Crippen MR) is 115 cm³/mol. The fraction of sp³-hybridized carbons (Fsp3) is 0.333. The third-order valence-electron chi connectivity index (χ3n) is 3.71. The summed E-state index contributed by atoms with van der Waals surface area (Å²) in [5.41, 5.74) is 0.411. The molecule has 0 saturated heterocycles. The van der Waals surface area contributed by atoms with Gasteiger partial charge in [-0.2, -0.15) is 0 Å². The second-order valence-corrected chi connectivity index (χ2v) is 6.64. The van der Waals surface area contributed by atoms with Crippen LogP contribution in [0.2, 0.25) is 10.0 Å². The van der Waals surface area contributed by atoms with Crippen molar-refractivity contribution in [1.82, 2.24) is 0 Å². The lowest BCUT2D eigenvalue weighted by Gasteiger charge is -2.17. The first-order chi connectivity index (χ1) is 14.4. The summed E-state index contributed by atoms with van der Waals surface area (Å²) in [6, 6.07) is 7.79. The topological polar surface area (TPSA) is 83.1 Å². The monoisotopic (exact) mass is 455 g/mol. The Morgan fingerprint density at radius 1 is 0.900 bits per heavy atom. The number of nitrogens with one attached hydrogen (secondary N) is 1. The molecule has 7 nitrogen and oxygen atoms in total. The van der Waals surface area contributed by atoms with E-state index in [1.165, 1.54) is 12.1 Å². The summed E-state index contributed by atoms with van der Waals surface area (Å²) in [7, 11) is 0. The largest absolute Gasteiger partial charge is 0.490 e. The van der Waals surface area contributed by atoms with Crippen LogP contribution in [0, 0.1) is 0 Å². The molecule has 0 radical (unpaired) electrons. The molecule has 0 unspecified atom stereocenters. The van der Waals surface area contributed by atoms with Crippen molar-refractivity contribution in [2.24, 2.45) is 0 Å². The third-order valence-corrected chi connectivity index (χ3v) is 4.34. The van der Waals surface area contributed by atoms with E-state index >= 15 is 0 Å². The minimum Gasteiger partial charge on any atom is -0.490 e. The molecule has 0 fully saturated rings. The fourth-order valence-corrected chi connectivity index (χ4v) is 3.01. The maximum atomic E-state index is 12.5. The van der Waals surface area contributed by atoms with E-state index in [2.05, 4.69) is 5.32 Å². The molecule has 0 aromatic heterocycles. The van der Waals surface area contributed by atoms with Crippen molar-refractivity contribution in [3.05, 3.63) is 45.9 Å². The van der Waals surface area contributed by atoms with Crippen LogP contribution in [0.3, 0.4) is 0 Å². The van der Waals surface area contributed by atoms with Gasteiger partial charge < -0.3 is 24.3 Å². The molecule has 0 heterocycles. The quantitative estimate of drug-likeness (QED) is 0.508. The Morgan fingerprint density at radius 3 is 1.93 bits per heavy atom. The third kappa shape index (κ3) is 6.18. The van der Waals surface area contributed by atoms with E-state index in [4.69, 9.17) is 42.1 Å². The Kier molecular flexibility index (Phi) is 9.08. The van der Waals surface area contributed by atoms with Crippen LogP contribution in [0.5, 0.6) is 17.2 Å². The first kappa shape index (κ1) is 23.6. The number of amides is 1. The molecule has 30 heavy (non-hydrogen) atoms. The van der Waals surface area contributed by atoms with Crippen LogP contribution in [0.25, 0.3) is 0 Å². The molecule has 1 N–H and O–H groups in total. The second-order valence-electron chi connectivity index (χ2n) is 5.82. The summed E-state index contributed by atoms with van der Waals surface area (Å²) >= 11 is 12.0. The average Bonchev–Trinajstić information content (AvgIpc) is 2.71. The number of hydrogen-bond acceptors (Lipinski definition) is 6. The zero-order chi connectivity index (χ0) is 22.1. The Morgan fingerprint density at radius 2 is 1.43 bits per heavy atom. The smallest absolute Gasteiger partial charge is 0.338 e. The molecule has 0 saturated carbocycles. The van der Waals surface area contributed by atoms with Crippen LogP contribution in [0.1, 0.15) is 31.1 Å². The standard InChI is InChI=1S/C21H23Cl2NO6/c1-4-27-16-10-13(11-17(28-5-2)20(16)29-6-3)21(26)30-12-18(25)24-19-14(22)8-7-9-15(19)23/h7-11H,4-6,12H2,1-3H3,(H,24,25). The fourth-order valence-electron chi connectivity index (χ4n) is 2.51. The molecule has 0 atom stereocenters. The number of anilines is 1. The van der Waals surface area contributed by atoms with Crippen molar-refractivity contribution in [2.75, 3.05) is 31.7 Å². The van der Waals surface area contributed by atoms with Gasteiger partial charge in [-0.25, -0.2) is 4.79 Å². The number of para-hydroxylation sites is 1. The highest BCUT2D eigenvalue weighted by molar-refractivity contribution is 6.39. The summed E-state index contributed by atoms with van der Waals surface area (Å²) in [6.07, 6.45) is 0. The van der Waals surface area contributed by atoms with Crippen molar-refractivity contribution >= 4 is 40.8 Å². The van der Waals surface area contributed by atoms with E-state index < -0.39 is 18.5 Å². The van der Waals surface area contributed by atoms with Crippen LogP contribution in [-0.2, 0) is 9.53 Å². The molecule has 2 aromatic carbocycles. The Balaban J connectivity index is 2.14. The molecular weight excluding hydrogens is 433 g/mol. The summed E-state index contributed by atoms with van der Waals surface area (Å²) in [6.45, 7) is 6.06. The normalized spacial score (nSPS) is 10.3. The number of rotatable bonds is 10. The maximum Gasteiger partial charge on any atom is 0.338 e. The Hall–Kier alpha value is -2.64. The van der Waals surface area contributed by atoms with E-state index in [9.17, 15) is 9.59 Å². The zero-order valence-corrected chi connectivity index (χ0v) is 18.4. The van der Waals surface area contributed by atoms with Crippen molar-refractivity contribution in [3.63, 3.8) is 0 Å². The number of carbonyl (C=O) groups excluding carboxylic acids is 2. The lowest BCUT2D eigenvalue weighted by molar-refractivity contribution is -0.119. The summed E-state index contributed by atoms with van der Waals surface area (Å²) < 4.78 is 21.9. The van der Waals surface area contributed by atoms with Crippen molar-refractivity contribution < 1.29 is 28.5 Å². The van der Waals surface area contributed by atoms with Crippen molar-refractivity contribution in [2.45, 2.75) is 20.8 Å². The number of halogens is 2. The molecule has 0 aliphatic carbocycles. The van der Waals surface area contributed by atoms with E-state index in [1.54, 1.807) is 18.2 Å².